The molecule has 2 heterocycles. The number of ether oxygens (including phenoxy) is 1. The van der Waals surface area contributed by atoms with Crippen LogP contribution in [0.4, 0.5) is 0 Å². The lowest BCUT2D eigenvalue weighted by atomic mass is 10.2. The number of rotatable bonds is 9. The molecule has 0 bridgehead atoms. The first-order valence-electron chi connectivity index (χ1n) is 8.82. The van der Waals surface area contributed by atoms with Gasteiger partial charge in [0.25, 0.3) is 0 Å². The van der Waals surface area contributed by atoms with Crippen LogP contribution in [0, 0.1) is 0 Å². The molecule has 10 heteroatoms. The fourth-order valence-corrected chi connectivity index (χ4v) is 4.16. The average Bonchev–Trinajstić information content (AvgIpc) is 3.19. The lowest BCUT2D eigenvalue weighted by Crippen LogP contribution is -2.47. The number of nitrogens with one attached hydrogen (secondary N) is 3. The van der Waals surface area contributed by atoms with Crippen molar-refractivity contribution < 1.29 is 13.2 Å². The second kappa shape index (κ2) is 10.8. The Bertz CT molecular complexity index is 643. The third-order valence-electron chi connectivity index (χ3n) is 4.16. The molecule has 1 saturated heterocycles. The molecule has 2 rings (SSSR count). The van der Waals surface area contributed by atoms with Gasteiger partial charge in [-0.05, 0) is 18.4 Å². The van der Waals surface area contributed by atoms with Crippen LogP contribution in [-0.4, -0.2) is 78.0 Å². The molecular weight excluding hydrogens is 374 g/mol. The minimum Gasteiger partial charge on any atom is -0.379 e. The summed E-state index contributed by atoms with van der Waals surface area (Å²) < 4.78 is 30.9. The first kappa shape index (κ1) is 21.1. The van der Waals surface area contributed by atoms with Crippen molar-refractivity contribution in [3.8, 4) is 0 Å². The standard InChI is InChI=1S/C16H29N5O3S2/c1-3-26(22,23)20-7-6-18-16(17-2)19-13-14(15-5-4-12-25-15)21-8-10-24-11-9-21/h4-5,12,14,20H,3,6-11,13H2,1-2H3,(H2,17,18,19). The number of nitrogens with zero attached hydrogens (tertiary/aromatic N) is 2. The molecule has 1 atom stereocenters. The molecule has 0 amide bonds. The maximum Gasteiger partial charge on any atom is 0.211 e. The van der Waals surface area contributed by atoms with Gasteiger partial charge in [-0.2, -0.15) is 0 Å². The lowest BCUT2D eigenvalue weighted by Gasteiger charge is -2.34. The number of sulfonamides is 1. The van der Waals surface area contributed by atoms with E-state index >= 15 is 0 Å². The van der Waals surface area contributed by atoms with E-state index in [9.17, 15) is 8.42 Å². The van der Waals surface area contributed by atoms with Crippen LogP contribution in [0.1, 0.15) is 17.8 Å². The van der Waals surface area contributed by atoms with Crippen LogP contribution in [-0.2, 0) is 14.8 Å². The molecule has 3 N–H and O–H groups in total. The minimum atomic E-state index is -3.16. The highest BCUT2D eigenvalue weighted by atomic mass is 32.2. The van der Waals surface area contributed by atoms with Crippen LogP contribution in [0.2, 0.25) is 0 Å². The third kappa shape index (κ3) is 6.84. The smallest absolute Gasteiger partial charge is 0.211 e. The minimum absolute atomic E-state index is 0.0853. The van der Waals surface area contributed by atoms with Gasteiger partial charge in [0, 0.05) is 44.6 Å². The van der Waals surface area contributed by atoms with Gasteiger partial charge in [0.15, 0.2) is 5.96 Å². The summed E-state index contributed by atoms with van der Waals surface area (Å²) in [6.45, 7) is 6.48. The van der Waals surface area contributed by atoms with Crippen LogP contribution < -0.4 is 15.4 Å². The molecule has 0 aromatic carbocycles. The quantitative estimate of drug-likeness (QED) is 0.310. The van der Waals surface area contributed by atoms with E-state index in [0.29, 0.717) is 19.0 Å². The molecule has 26 heavy (non-hydrogen) atoms. The number of hydrogen-bond acceptors (Lipinski definition) is 6. The van der Waals surface area contributed by atoms with Crippen molar-refractivity contribution in [1.29, 1.82) is 0 Å². The van der Waals surface area contributed by atoms with Gasteiger partial charge in [-0.1, -0.05) is 6.07 Å². The first-order chi connectivity index (χ1) is 12.6. The topological polar surface area (TPSA) is 95.1 Å². The normalized spacial score (nSPS) is 17.8. The second-order valence-corrected chi connectivity index (χ2v) is 8.93. The first-order valence-corrected chi connectivity index (χ1v) is 11.4. The summed E-state index contributed by atoms with van der Waals surface area (Å²) in [5, 5.41) is 8.59. The molecule has 1 aliphatic rings. The number of thiophene rings is 1. The van der Waals surface area contributed by atoms with Crippen molar-refractivity contribution in [2.75, 3.05) is 58.7 Å². The summed E-state index contributed by atoms with van der Waals surface area (Å²) in [6, 6.07) is 4.48. The molecule has 1 aromatic heterocycles. The molecule has 1 aliphatic heterocycles. The van der Waals surface area contributed by atoms with Gasteiger partial charge >= 0.3 is 0 Å². The summed E-state index contributed by atoms with van der Waals surface area (Å²) in [5.41, 5.74) is 0. The van der Waals surface area contributed by atoms with Gasteiger partial charge in [0.1, 0.15) is 0 Å². The Morgan fingerprint density at radius 3 is 2.73 bits per heavy atom. The zero-order chi connectivity index (χ0) is 18.8. The van der Waals surface area contributed by atoms with Gasteiger partial charge < -0.3 is 15.4 Å². The summed E-state index contributed by atoms with van der Waals surface area (Å²) in [4.78, 5) is 7.95. The van der Waals surface area contributed by atoms with Crippen LogP contribution in [0.5, 0.6) is 0 Å². The fourth-order valence-electron chi connectivity index (χ4n) is 2.68. The Morgan fingerprint density at radius 1 is 1.35 bits per heavy atom. The Hall–Kier alpha value is -1.20. The Kier molecular flexibility index (Phi) is 8.79. The molecule has 0 aliphatic carbocycles. The third-order valence-corrected chi connectivity index (χ3v) is 6.54. The zero-order valence-electron chi connectivity index (χ0n) is 15.4. The van der Waals surface area contributed by atoms with Gasteiger partial charge in [0.2, 0.25) is 10.0 Å². The maximum atomic E-state index is 11.4. The number of guanidine groups is 1. The van der Waals surface area contributed by atoms with Crippen molar-refractivity contribution in [1.82, 2.24) is 20.3 Å². The van der Waals surface area contributed by atoms with E-state index in [0.717, 1.165) is 32.8 Å². The van der Waals surface area contributed by atoms with E-state index in [1.807, 2.05) is 0 Å². The molecule has 1 aromatic rings. The summed E-state index contributed by atoms with van der Waals surface area (Å²) in [5.74, 6) is 0.748. The Morgan fingerprint density at radius 2 is 2.12 bits per heavy atom. The molecule has 0 saturated carbocycles. The highest BCUT2D eigenvalue weighted by molar-refractivity contribution is 7.89. The van der Waals surface area contributed by atoms with E-state index < -0.39 is 10.0 Å². The SMILES string of the molecule is CCS(=O)(=O)NCCNC(=NC)NCC(c1cccs1)N1CCOCC1. The van der Waals surface area contributed by atoms with E-state index in [4.69, 9.17) is 4.74 Å². The predicted octanol–water partition coefficient (Wildman–Crippen LogP) is 0.226. The summed E-state index contributed by atoms with van der Waals surface area (Å²) in [7, 11) is -1.45. The second-order valence-electron chi connectivity index (χ2n) is 5.86. The van der Waals surface area contributed by atoms with Crippen molar-refractivity contribution in [3.63, 3.8) is 0 Å². The van der Waals surface area contributed by atoms with E-state index in [2.05, 4.69) is 42.8 Å². The van der Waals surface area contributed by atoms with E-state index in [1.54, 1.807) is 25.3 Å². The molecule has 0 spiro atoms. The number of hydrogen-bond donors (Lipinski definition) is 3. The van der Waals surface area contributed by atoms with Gasteiger partial charge in [-0.15, -0.1) is 11.3 Å². The largest absolute Gasteiger partial charge is 0.379 e. The van der Waals surface area contributed by atoms with Crippen LogP contribution in [0.25, 0.3) is 0 Å². The van der Waals surface area contributed by atoms with Crippen LogP contribution in [0.15, 0.2) is 22.5 Å². The van der Waals surface area contributed by atoms with Gasteiger partial charge in [0.05, 0.1) is 25.0 Å². The predicted molar refractivity (Wildman–Crippen MR) is 106 cm³/mol. The Labute approximate surface area is 160 Å². The highest BCUT2D eigenvalue weighted by Gasteiger charge is 2.23. The molecule has 148 valence electrons. The van der Waals surface area contributed by atoms with Crippen molar-refractivity contribution in [3.05, 3.63) is 22.4 Å². The number of morpholine rings is 1. The van der Waals surface area contributed by atoms with Gasteiger partial charge in [-0.3, -0.25) is 9.89 Å². The lowest BCUT2D eigenvalue weighted by molar-refractivity contribution is 0.0177. The molecular formula is C16H29N5O3S2. The highest BCUT2D eigenvalue weighted by Crippen LogP contribution is 2.25. The van der Waals surface area contributed by atoms with Crippen molar-refractivity contribution >= 4 is 27.3 Å². The van der Waals surface area contributed by atoms with Crippen molar-refractivity contribution in [2.24, 2.45) is 4.99 Å². The zero-order valence-corrected chi connectivity index (χ0v) is 17.0. The molecule has 1 fully saturated rings. The van der Waals surface area contributed by atoms with Crippen LogP contribution in [0.3, 0.4) is 0 Å². The monoisotopic (exact) mass is 403 g/mol. The summed E-state index contributed by atoms with van der Waals surface area (Å²) >= 11 is 1.75. The summed E-state index contributed by atoms with van der Waals surface area (Å²) in [6.07, 6.45) is 0. The van der Waals surface area contributed by atoms with E-state index in [-0.39, 0.29) is 11.8 Å². The molecule has 1 unspecified atom stereocenters. The van der Waals surface area contributed by atoms with Crippen molar-refractivity contribution in [2.45, 2.75) is 13.0 Å². The number of aliphatic imine (C=N–C) groups is 1. The molecule has 8 nitrogen and oxygen atoms in total. The maximum absolute atomic E-state index is 11.4. The Balaban J connectivity index is 1.83. The average molecular weight is 404 g/mol. The molecule has 0 radical (unpaired) electrons. The fraction of sp³-hybridized carbons (Fsp3) is 0.688. The van der Waals surface area contributed by atoms with E-state index in [1.165, 1.54) is 4.88 Å². The van der Waals surface area contributed by atoms with Crippen LogP contribution >= 0.6 is 11.3 Å². The van der Waals surface area contributed by atoms with Gasteiger partial charge in [-0.25, -0.2) is 13.1 Å².